The summed E-state index contributed by atoms with van der Waals surface area (Å²) in [6, 6.07) is 0.652. The van der Waals surface area contributed by atoms with Gasteiger partial charge in [0.1, 0.15) is 11.4 Å². The Labute approximate surface area is 103 Å². The first kappa shape index (κ1) is 12.6. The molecule has 4 nitrogen and oxygen atoms in total. The van der Waals surface area contributed by atoms with Gasteiger partial charge in [0.15, 0.2) is 0 Å². The Morgan fingerprint density at radius 3 is 2.59 bits per heavy atom. The maximum absolute atomic E-state index is 4.69. The van der Waals surface area contributed by atoms with Gasteiger partial charge in [-0.1, -0.05) is 30.1 Å². The molecular weight excluding hydrogens is 214 g/mol. The predicted octanol–water partition coefficient (Wildman–Crippen LogP) is 2.83. The van der Waals surface area contributed by atoms with Gasteiger partial charge >= 0.3 is 0 Å². The molecule has 1 heterocycles. The molecule has 1 saturated carbocycles. The SMILES string of the molecule is CCCC1CCC(NCc2nonc2C)CC1. The summed E-state index contributed by atoms with van der Waals surface area (Å²) in [5.74, 6) is 0.966. The quantitative estimate of drug-likeness (QED) is 0.855. The lowest BCUT2D eigenvalue weighted by molar-refractivity contribution is 0.273. The molecule has 1 N–H and O–H groups in total. The molecule has 0 atom stereocenters. The van der Waals surface area contributed by atoms with Crippen molar-refractivity contribution in [3.8, 4) is 0 Å². The van der Waals surface area contributed by atoms with Gasteiger partial charge in [-0.3, -0.25) is 0 Å². The number of hydrogen-bond acceptors (Lipinski definition) is 4. The van der Waals surface area contributed by atoms with Gasteiger partial charge in [-0.2, -0.15) is 0 Å². The van der Waals surface area contributed by atoms with Crippen molar-refractivity contribution in [3.05, 3.63) is 11.4 Å². The first-order chi connectivity index (χ1) is 8.29. The van der Waals surface area contributed by atoms with Gasteiger partial charge in [-0.05, 0) is 38.5 Å². The molecule has 0 radical (unpaired) electrons. The maximum atomic E-state index is 4.69. The van der Waals surface area contributed by atoms with Crippen LogP contribution in [0.3, 0.4) is 0 Å². The van der Waals surface area contributed by atoms with E-state index in [1.54, 1.807) is 0 Å². The molecule has 0 spiro atoms. The van der Waals surface area contributed by atoms with E-state index in [1.165, 1.54) is 38.5 Å². The zero-order valence-electron chi connectivity index (χ0n) is 10.9. The standard InChI is InChI=1S/C13H23N3O/c1-3-4-11-5-7-12(8-6-11)14-9-13-10(2)15-17-16-13/h11-12,14H,3-9H2,1-2H3. The van der Waals surface area contributed by atoms with Crippen LogP contribution in [-0.4, -0.2) is 16.4 Å². The van der Waals surface area contributed by atoms with Crippen LogP contribution in [0.4, 0.5) is 0 Å². The van der Waals surface area contributed by atoms with Crippen LogP contribution in [0.2, 0.25) is 0 Å². The van der Waals surface area contributed by atoms with Crippen molar-refractivity contribution in [2.45, 2.75) is 65.0 Å². The highest BCUT2D eigenvalue weighted by atomic mass is 16.6. The molecule has 2 rings (SSSR count). The molecule has 96 valence electrons. The largest absolute Gasteiger partial charge is 0.308 e. The van der Waals surface area contributed by atoms with Crippen LogP contribution in [0.1, 0.15) is 56.8 Å². The van der Waals surface area contributed by atoms with Crippen LogP contribution >= 0.6 is 0 Å². The molecule has 1 aliphatic rings. The molecule has 0 amide bonds. The van der Waals surface area contributed by atoms with E-state index in [0.29, 0.717) is 6.04 Å². The molecular formula is C13H23N3O. The highest BCUT2D eigenvalue weighted by Gasteiger charge is 2.20. The van der Waals surface area contributed by atoms with Crippen molar-refractivity contribution in [2.24, 2.45) is 5.92 Å². The van der Waals surface area contributed by atoms with E-state index in [-0.39, 0.29) is 0 Å². The molecule has 0 aliphatic heterocycles. The number of hydrogen-bond donors (Lipinski definition) is 1. The van der Waals surface area contributed by atoms with Crippen LogP contribution in [-0.2, 0) is 6.54 Å². The summed E-state index contributed by atoms with van der Waals surface area (Å²) in [5, 5.41) is 11.3. The molecule has 1 aromatic rings. The zero-order valence-corrected chi connectivity index (χ0v) is 10.9. The fourth-order valence-corrected chi connectivity index (χ4v) is 2.71. The van der Waals surface area contributed by atoms with Crippen molar-refractivity contribution >= 4 is 0 Å². The third kappa shape index (κ3) is 3.53. The van der Waals surface area contributed by atoms with Crippen molar-refractivity contribution in [3.63, 3.8) is 0 Å². The van der Waals surface area contributed by atoms with Crippen molar-refractivity contribution in [1.29, 1.82) is 0 Å². The lowest BCUT2D eigenvalue weighted by Crippen LogP contribution is -2.33. The minimum absolute atomic E-state index is 0.652. The second-order valence-corrected chi connectivity index (χ2v) is 5.18. The van der Waals surface area contributed by atoms with Crippen molar-refractivity contribution in [1.82, 2.24) is 15.6 Å². The topological polar surface area (TPSA) is 51.0 Å². The monoisotopic (exact) mass is 237 g/mol. The lowest BCUT2D eigenvalue weighted by atomic mass is 9.83. The fourth-order valence-electron chi connectivity index (χ4n) is 2.71. The van der Waals surface area contributed by atoms with Crippen LogP contribution in [0.25, 0.3) is 0 Å². The number of nitrogens with zero attached hydrogens (tertiary/aromatic N) is 2. The van der Waals surface area contributed by atoms with E-state index < -0.39 is 0 Å². The van der Waals surface area contributed by atoms with Crippen LogP contribution in [0.5, 0.6) is 0 Å². The minimum atomic E-state index is 0.652. The van der Waals surface area contributed by atoms with Gasteiger partial charge in [-0.15, -0.1) is 0 Å². The first-order valence-corrected chi connectivity index (χ1v) is 6.81. The molecule has 17 heavy (non-hydrogen) atoms. The van der Waals surface area contributed by atoms with E-state index in [0.717, 1.165) is 23.9 Å². The Bertz CT molecular complexity index is 329. The normalized spacial score (nSPS) is 25.1. The van der Waals surface area contributed by atoms with Crippen LogP contribution in [0.15, 0.2) is 4.63 Å². The van der Waals surface area contributed by atoms with Gasteiger partial charge in [0, 0.05) is 12.6 Å². The maximum Gasteiger partial charge on any atom is 0.121 e. The summed E-state index contributed by atoms with van der Waals surface area (Å²) in [6.45, 7) is 5.01. The molecule has 1 aromatic heterocycles. The van der Waals surface area contributed by atoms with Crippen LogP contribution in [0, 0.1) is 12.8 Å². The summed E-state index contributed by atoms with van der Waals surface area (Å²) in [7, 11) is 0. The van der Waals surface area contributed by atoms with E-state index in [2.05, 4.69) is 22.6 Å². The second-order valence-electron chi connectivity index (χ2n) is 5.18. The second kappa shape index (κ2) is 6.15. The molecule has 4 heteroatoms. The molecule has 1 aliphatic carbocycles. The van der Waals surface area contributed by atoms with E-state index in [9.17, 15) is 0 Å². The van der Waals surface area contributed by atoms with Crippen molar-refractivity contribution in [2.75, 3.05) is 0 Å². The summed E-state index contributed by atoms with van der Waals surface area (Å²) >= 11 is 0. The Balaban J connectivity index is 1.70. The number of aromatic nitrogens is 2. The Hall–Kier alpha value is -0.900. The third-order valence-corrected chi connectivity index (χ3v) is 3.85. The Kier molecular flexibility index (Phi) is 4.54. The average Bonchev–Trinajstić information content (AvgIpc) is 2.75. The average molecular weight is 237 g/mol. The molecule has 0 aromatic carbocycles. The predicted molar refractivity (Wildman–Crippen MR) is 66.5 cm³/mol. The van der Waals surface area contributed by atoms with E-state index in [1.807, 2.05) is 6.92 Å². The number of rotatable bonds is 5. The van der Waals surface area contributed by atoms with E-state index in [4.69, 9.17) is 4.63 Å². The first-order valence-electron chi connectivity index (χ1n) is 6.81. The van der Waals surface area contributed by atoms with Crippen LogP contribution < -0.4 is 5.32 Å². The molecule has 0 bridgehead atoms. The molecule has 1 fully saturated rings. The summed E-state index contributed by atoms with van der Waals surface area (Å²) < 4.78 is 4.69. The summed E-state index contributed by atoms with van der Waals surface area (Å²) in [5.41, 5.74) is 1.85. The van der Waals surface area contributed by atoms with E-state index >= 15 is 0 Å². The number of aryl methyl sites for hydroxylation is 1. The highest BCUT2D eigenvalue weighted by Crippen LogP contribution is 2.27. The fraction of sp³-hybridized carbons (Fsp3) is 0.846. The number of nitrogens with one attached hydrogen (secondary N) is 1. The smallest absolute Gasteiger partial charge is 0.121 e. The van der Waals surface area contributed by atoms with Gasteiger partial charge < -0.3 is 5.32 Å². The Morgan fingerprint density at radius 1 is 1.24 bits per heavy atom. The lowest BCUT2D eigenvalue weighted by Gasteiger charge is -2.28. The van der Waals surface area contributed by atoms with Gasteiger partial charge in [0.25, 0.3) is 0 Å². The van der Waals surface area contributed by atoms with Gasteiger partial charge in [-0.25, -0.2) is 4.63 Å². The summed E-state index contributed by atoms with van der Waals surface area (Å²) in [6.07, 6.45) is 8.08. The minimum Gasteiger partial charge on any atom is -0.308 e. The zero-order chi connectivity index (χ0) is 12.1. The van der Waals surface area contributed by atoms with Crippen molar-refractivity contribution < 1.29 is 4.63 Å². The van der Waals surface area contributed by atoms with Gasteiger partial charge in [0.05, 0.1) is 0 Å². The Morgan fingerprint density at radius 2 is 2.00 bits per heavy atom. The third-order valence-electron chi connectivity index (χ3n) is 3.85. The molecule has 0 saturated heterocycles. The highest BCUT2D eigenvalue weighted by molar-refractivity contribution is 5.04. The van der Waals surface area contributed by atoms with Gasteiger partial charge in [0.2, 0.25) is 0 Å². The summed E-state index contributed by atoms with van der Waals surface area (Å²) in [4.78, 5) is 0. The molecule has 0 unspecified atom stereocenters.